The Hall–Kier alpha value is -1.10. The highest BCUT2D eigenvalue weighted by atomic mass is 16.5. The Bertz CT molecular complexity index is 319. The van der Waals surface area contributed by atoms with E-state index in [0.717, 1.165) is 6.42 Å². The number of nitrogens with zero attached hydrogens (tertiary/aromatic N) is 1. The third kappa shape index (κ3) is 3.93. The van der Waals surface area contributed by atoms with E-state index in [0.29, 0.717) is 38.5 Å². The summed E-state index contributed by atoms with van der Waals surface area (Å²) in [6.07, 6.45) is 2.28. The Balaban J connectivity index is 2.74. The fourth-order valence-corrected chi connectivity index (χ4v) is 2.88. The normalized spacial score (nSPS) is 26.4. The van der Waals surface area contributed by atoms with Crippen LogP contribution >= 0.6 is 0 Å². The van der Waals surface area contributed by atoms with Crippen molar-refractivity contribution >= 4 is 11.9 Å². The van der Waals surface area contributed by atoms with Gasteiger partial charge < -0.3 is 14.7 Å². The third-order valence-electron chi connectivity index (χ3n) is 4.13. The van der Waals surface area contributed by atoms with Gasteiger partial charge in [0.15, 0.2) is 0 Å². The largest absolute Gasteiger partial charge is 0.481 e. The molecule has 0 saturated heterocycles. The minimum atomic E-state index is -0.836. The number of ether oxygens (including phenoxy) is 1. The maximum Gasteiger partial charge on any atom is 0.307 e. The smallest absolute Gasteiger partial charge is 0.307 e. The number of carboxylic acids is 1. The van der Waals surface area contributed by atoms with Crippen LogP contribution in [-0.2, 0) is 14.3 Å². The first-order valence-electron chi connectivity index (χ1n) is 7.05. The van der Waals surface area contributed by atoms with Crippen molar-refractivity contribution in [1.29, 1.82) is 0 Å². The summed E-state index contributed by atoms with van der Waals surface area (Å²) in [5.41, 5.74) is 0. The minimum Gasteiger partial charge on any atom is -0.481 e. The van der Waals surface area contributed by atoms with E-state index >= 15 is 0 Å². The van der Waals surface area contributed by atoms with Crippen LogP contribution in [0.25, 0.3) is 0 Å². The average molecular weight is 271 g/mol. The molecule has 1 aliphatic rings. The standard InChI is InChI=1S/C14H25NO4/c1-4-10-8-11(12(9-10)14(17)18)13(16)15(5-2)6-7-19-3/h10-12H,4-9H2,1-3H3,(H,17,18)/t10?,11-,12+/m0/s1. The van der Waals surface area contributed by atoms with Gasteiger partial charge in [-0.15, -0.1) is 0 Å². The van der Waals surface area contributed by atoms with Gasteiger partial charge in [-0.05, 0) is 25.7 Å². The Kier molecular flexibility index (Phi) is 6.28. The molecule has 0 aromatic heterocycles. The Labute approximate surface area is 114 Å². The summed E-state index contributed by atoms with van der Waals surface area (Å²) in [5.74, 6) is -1.38. The second-order valence-electron chi connectivity index (χ2n) is 5.21. The number of rotatable bonds is 7. The number of hydrogen-bond acceptors (Lipinski definition) is 3. The first-order chi connectivity index (χ1) is 9.04. The van der Waals surface area contributed by atoms with E-state index in [9.17, 15) is 14.7 Å². The van der Waals surface area contributed by atoms with E-state index in [1.54, 1.807) is 12.0 Å². The van der Waals surface area contributed by atoms with E-state index in [1.165, 1.54) is 0 Å². The van der Waals surface area contributed by atoms with E-state index in [2.05, 4.69) is 6.92 Å². The fraction of sp³-hybridized carbons (Fsp3) is 0.857. The van der Waals surface area contributed by atoms with Gasteiger partial charge in [-0.3, -0.25) is 9.59 Å². The van der Waals surface area contributed by atoms with Crippen LogP contribution in [0.15, 0.2) is 0 Å². The number of likely N-dealkylation sites (N-methyl/N-ethyl adjacent to an activating group) is 1. The monoisotopic (exact) mass is 271 g/mol. The molecule has 1 N–H and O–H groups in total. The quantitative estimate of drug-likeness (QED) is 0.764. The number of aliphatic carboxylic acids is 1. The highest BCUT2D eigenvalue weighted by Gasteiger charge is 2.43. The number of carboxylic acid groups (broad SMARTS) is 1. The van der Waals surface area contributed by atoms with Crippen LogP contribution in [-0.4, -0.2) is 48.7 Å². The summed E-state index contributed by atoms with van der Waals surface area (Å²) in [4.78, 5) is 25.5. The maximum absolute atomic E-state index is 12.5. The summed E-state index contributed by atoms with van der Waals surface area (Å²) >= 11 is 0. The molecule has 1 saturated carbocycles. The zero-order valence-electron chi connectivity index (χ0n) is 12.1. The molecule has 1 fully saturated rings. The van der Waals surface area contributed by atoms with Gasteiger partial charge in [-0.1, -0.05) is 13.3 Å². The number of amides is 1. The van der Waals surface area contributed by atoms with Crippen molar-refractivity contribution < 1.29 is 19.4 Å². The van der Waals surface area contributed by atoms with Crippen LogP contribution in [0.4, 0.5) is 0 Å². The molecule has 5 nitrogen and oxygen atoms in total. The lowest BCUT2D eigenvalue weighted by atomic mass is 9.94. The molecular weight excluding hydrogens is 246 g/mol. The molecule has 0 bridgehead atoms. The van der Waals surface area contributed by atoms with Crippen LogP contribution in [0.2, 0.25) is 0 Å². The molecule has 110 valence electrons. The Morgan fingerprint density at radius 1 is 1.26 bits per heavy atom. The summed E-state index contributed by atoms with van der Waals surface area (Å²) in [6.45, 7) is 5.59. The van der Waals surface area contributed by atoms with Crippen molar-refractivity contribution in [3.05, 3.63) is 0 Å². The lowest BCUT2D eigenvalue weighted by molar-refractivity contribution is -0.149. The Morgan fingerprint density at radius 3 is 2.37 bits per heavy atom. The SMILES string of the molecule is CCC1C[C@H](C(=O)N(CC)CCOC)[C@H](C(=O)O)C1. The molecule has 0 radical (unpaired) electrons. The van der Waals surface area contributed by atoms with Gasteiger partial charge in [0.1, 0.15) is 0 Å². The molecule has 0 spiro atoms. The van der Waals surface area contributed by atoms with Gasteiger partial charge in [0.05, 0.1) is 18.4 Å². The van der Waals surface area contributed by atoms with Gasteiger partial charge in [-0.25, -0.2) is 0 Å². The predicted molar refractivity (Wildman–Crippen MR) is 71.8 cm³/mol. The number of hydrogen-bond donors (Lipinski definition) is 1. The first-order valence-corrected chi connectivity index (χ1v) is 7.05. The lowest BCUT2D eigenvalue weighted by Crippen LogP contribution is -2.40. The van der Waals surface area contributed by atoms with Gasteiger partial charge >= 0.3 is 5.97 Å². The van der Waals surface area contributed by atoms with Gasteiger partial charge in [0, 0.05) is 20.2 Å². The molecule has 5 heteroatoms. The predicted octanol–water partition coefficient (Wildman–Crippen LogP) is 1.62. The highest BCUT2D eigenvalue weighted by Crippen LogP contribution is 2.39. The van der Waals surface area contributed by atoms with Crippen LogP contribution in [0.3, 0.4) is 0 Å². The van der Waals surface area contributed by atoms with Gasteiger partial charge in [0.2, 0.25) is 5.91 Å². The van der Waals surface area contributed by atoms with E-state index < -0.39 is 11.9 Å². The van der Waals surface area contributed by atoms with Crippen molar-refractivity contribution in [2.45, 2.75) is 33.1 Å². The maximum atomic E-state index is 12.5. The van der Waals surface area contributed by atoms with Crippen molar-refractivity contribution in [3.63, 3.8) is 0 Å². The third-order valence-corrected chi connectivity index (χ3v) is 4.13. The molecule has 0 heterocycles. The molecule has 0 aliphatic heterocycles. The van der Waals surface area contributed by atoms with Crippen LogP contribution in [0.1, 0.15) is 33.1 Å². The molecule has 0 aromatic carbocycles. The summed E-state index contributed by atoms with van der Waals surface area (Å²) in [6, 6.07) is 0. The van der Waals surface area contributed by atoms with Gasteiger partial charge in [-0.2, -0.15) is 0 Å². The summed E-state index contributed by atoms with van der Waals surface area (Å²) in [7, 11) is 1.60. The Morgan fingerprint density at radius 2 is 1.89 bits per heavy atom. The van der Waals surface area contributed by atoms with Gasteiger partial charge in [0.25, 0.3) is 0 Å². The lowest BCUT2D eigenvalue weighted by Gasteiger charge is -2.25. The van der Waals surface area contributed by atoms with E-state index in [-0.39, 0.29) is 11.8 Å². The second kappa shape index (κ2) is 7.48. The van der Waals surface area contributed by atoms with Crippen molar-refractivity contribution in [3.8, 4) is 0 Å². The zero-order valence-corrected chi connectivity index (χ0v) is 12.1. The summed E-state index contributed by atoms with van der Waals surface area (Å²) < 4.78 is 4.99. The van der Waals surface area contributed by atoms with E-state index in [4.69, 9.17) is 4.74 Å². The van der Waals surface area contributed by atoms with Crippen LogP contribution in [0, 0.1) is 17.8 Å². The first kappa shape index (κ1) is 16.0. The molecule has 19 heavy (non-hydrogen) atoms. The number of carbonyl (C=O) groups excluding carboxylic acids is 1. The topological polar surface area (TPSA) is 66.8 Å². The molecule has 3 atom stereocenters. The number of methoxy groups -OCH3 is 1. The minimum absolute atomic E-state index is 0.0251. The van der Waals surface area contributed by atoms with Crippen molar-refractivity contribution in [2.24, 2.45) is 17.8 Å². The average Bonchev–Trinajstić information content (AvgIpc) is 2.83. The van der Waals surface area contributed by atoms with Crippen LogP contribution < -0.4 is 0 Å². The second-order valence-corrected chi connectivity index (χ2v) is 5.21. The molecule has 1 aliphatic carbocycles. The van der Waals surface area contributed by atoms with Crippen molar-refractivity contribution in [1.82, 2.24) is 4.90 Å². The summed E-state index contributed by atoms with van der Waals surface area (Å²) in [5, 5.41) is 9.28. The number of carbonyl (C=O) groups is 2. The van der Waals surface area contributed by atoms with Crippen molar-refractivity contribution in [2.75, 3.05) is 26.8 Å². The molecule has 1 rings (SSSR count). The highest BCUT2D eigenvalue weighted by molar-refractivity contribution is 5.85. The zero-order chi connectivity index (χ0) is 14.4. The van der Waals surface area contributed by atoms with Crippen LogP contribution in [0.5, 0.6) is 0 Å². The molecule has 1 amide bonds. The molecule has 1 unspecified atom stereocenters. The molecule has 0 aromatic rings. The molecular formula is C14H25NO4. The van der Waals surface area contributed by atoms with E-state index in [1.807, 2.05) is 6.92 Å². The fourth-order valence-electron chi connectivity index (χ4n) is 2.88.